The van der Waals surface area contributed by atoms with E-state index in [1.165, 1.54) is 6.07 Å². The van der Waals surface area contributed by atoms with Crippen molar-refractivity contribution in [2.45, 2.75) is 6.61 Å². The number of rotatable bonds is 5. The van der Waals surface area contributed by atoms with Crippen LogP contribution in [0.4, 0.5) is 0 Å². The Hall–Kier alpha value is -2.22. The average molecular weight is 336 g/mol. The Balaban J connectivity index is 1.87. The third kappa shape index (κ3) is 4.39. The minimum absolute atomic E-state index is 0.0142. The number of nitriles is 1. The van der Waals surface area contributed by atoms with Crippen LogP contribution in [0.1, 0.15) is 11.1 Å². The monoisotopic (exact) mass is 335 g/mol. The van der Waals surface area contributed by atoms with Gasteiger partial charge in [-0.1, -0.05) is 41.4 Å². The highest BCUT2D eigenvalue weighted by atomic mass is 35.5. The second-order valence-corrected chi connectivity index (χ2v) is 5.14. The van der Waals surface area contributed by atoms with Crippen LogP contribution < -0.4 is 4.74 Å². The number of halogens is 2. The Kier molecular flexibility index (Phi) is 5.65. The number of hydrogen-bond acceptors (Lipinski definition) is 4. The van der Waals surface area contributed by atoms with Crippen molar-refractivity contribution in [3.63, 3.8) is 0 Å². The molecule has 2 aromatic carbocycles. The predicted molar refractivity (Wildman–Crippen MR) is 82.9 cm³/mol. The molecule has 0 radical (unpaired) electrons. The molecule has 2 aromatic rings. The summed E-state index contributed by atoms with van der Waals surface area (Å²) in [7, 11) is 0. The summed E-state index contributed by atoms with van der Waals surface area (Å²) in [6.07, 6.45) is 0. The molecule has 0 aliphatic carbocycles. The van der Waals surface area contributed by atoms with Gasteiger partial charge in [-0.3, -0.25) is 0 Å². The predicted octanol–water partition coefficient (Wildman–Crippen LogP) is 3.99. The first-order chi connectivity index (χ1) is 10.6. The Bertz CT molecular complexity index is 726. The van der Waals surface area contributed by atoms with E-state index in [4.69, 9.17) is 37.9 Å². The summed E-state index contributed by atoms with van der Waals surface area (Å²) < 4.78 is 10.3. The lowest BCUT2D eigenvalue weighted by Crippen LogP contribution is -2.15. The van der Waals surface area contributed by atoms with E-state index in [-0.39, 0.29) is 13.2 Å². The molecule has 0 unspecified atom stereocenters. The highest BCUT2D eigenvalue weighted by molar-refractivity contribution is 6.35. The standard InChI is InChI=1S/C16H11Cl2NO3/c17-13-5-6-15(14(18)7-13)21-10-16(20)22-9-12-4-2-1-3-11(12)8-19/h1-7H,9-10H2. The zero-order valence-electron chi connectivity index (χ0n) is 11.4. The largest absolute Gasteiger partial charge is 0.480 e. The van der Waals surface area contributed by atoms with Crippen LogP contribution in [0.25, 0.3) is 0 Å². The molecule has 22 heavy (non-hydrogen) atoms. The summed E-state index contributed by atoms with van der Waals surface area (Å²) in [5.41, 5.74) is 1.11. The van der Waals surface area contributed by atoms with Crippen molar-refractivity contribution in [2.75, 3.05) is 6.61 Å². The first-order valence-corrected chi connectivity index (χ1v) is 7.07. The molecule has 0 N–H and O–H groups in total. The fourth-order valence-electron chi connectivity index (χ4n) is 1.68. The van der Waals surface area contributed by atoms with E-state index in [0.29, 0.717) is 26.9 Å². The number of carbonyl (C=O) groups excluding carboxylic acids is 1. The molecule has 112 valence electrons. The van der Waals surface area contributed by atoms with Gasteiger partial charge < -0.3 is 9.47 Å². The van der Waals surface area contributed by atoms with Crippen molar-refractivity contribution >= 4 is 29.2 Å². The molecule has 0 spiro atoms. The molecule has 0 bridgehead atoms. The van der Waals surface area contributed by atoms with Gasteiger partial charge in [-0.2, -0.15) is 5.26 Å². The van der Waals surface area contributed by atoms with Crippen LogP contribution in [0.3, 0.4) is 0 Å². The van der Waals surface area contributed by atoms with E-state index in [1.807, 2.05) is 6.07 Å². The maximum Gasteiger partial charge on any atom is 0.344 e. The molecule has 4 nitrogen and oxygen atoms in total. The van der Waals surface area contributed by atoms with Crippen molar-refractivity contribution < 1.29 is 14.3 Å². The first kappa shape index (κ1) is 16.2. The third-order valence-corrected chi connectivity index (χ3v) is 3.30. The van der Waals surface area contributed by atoms with Crippen molar-refractivity contribution in [1.29, 1.82) is 5.26 Å². The number of ether oxygens (including phenoxy) is 2. The maximum absolute atomic E-state index is 11.7. The van der Waals surface area contributed by atoms with Crippen LogP contribution in [-0.4, -0.2) is 12.6 Å². The average Bonchev–Trinajstić information content (AvgIpc) is 2.52. The van der Waals surface area contributed by atoms with Gasteiger partial charge in [0.25, 0.3) is 0 Å². The van der Waals surface area contributed by atoms with Crippen molar-refractivity contribution in [3.8, 4) is 11.8 Å². The quantitative estimate of drug-likeness (QED) is 0.775. The highest BCUT2D eigenvalue weighted by Crippen LogP contribution is 2.27. The lowest BCUT2D eigenvalue weighted by atomic mass is 10.1. The Morgan fingerprint density at radius 2 is 1.95 bits per heavy atom. The third-order valence-electron chi connectivity index (χ3n) is 2.77. The molecule has 0 saturated carbocycles. The molecule has 0 heterocycles. The van der Waals surface area contributed by atoms with Crippen LogP contribution in [-0.2, 0) is 16.1 Å². The van der Waals surface area contributed by atoms with Gasteiger partial charge in [0, 0.05) is 10.6 Å². The molecule has 0 atom stereocenters. The zero-order valence-corrected chi connectivity index (χ0v) is 12.9. The van der Waals surface area contributed by atoms with Gasteiger partial charge in [0.05, 0.1) is 16.7 Å². The Morgan fingerprint density at radius 3 is 2.68 bits per heavy atom. The SMILES string of the molecule is N#Cc1ccccc1COC(=O)COc1ccc(Cl)cc1Cl. The molecule has 0 saturated heterocycles. The van der Waals surface area contributed by atoms with Gasteiger partial charge in [0.2, 0.25) is 0 Å². The minimum atomic E-state index is -0.557. The minimum Gasteiger partial charge on any atom is -0.480 e. The van der Waals surface area contributed by atoms with Gasteiger partial charge in [-0.05, 0) is 24.3 Å². The van der Waals surface area contributed by atoms with Crippen LogP contribution in [0.5, 0.6) is 5.75 Å². The van der Waals surface area contributed by atoms with Crippen molar-refractivity contribution in [3.05, 3.63) is 63.6 Å². The van der Waals surface area contributed by atoms with Crippen molar-refractivity contribution in [2.24, 2.45) is 0 Å². The molecule has 0 aromatic heterocycles. The van der Waals surface area contributed by atoms with Gasteiger partial charge in [-0.25, -0.2) is 4.79 Å². The lowest BCUT2D eigenvalue weighted by molar-refractivity contribution is -0.147. The van der Waals surface area contributed by atoms with Crippen LogP contribution in [0, 0.1) is 11.3 Å². The van der Waals surface area contributed by atoms with Gasteiger partial charge >= 0.3 is 5.97 Å². The lowest BCUT2D eigenvalue weighted by Gasteiger charge is -2.09. The zero-order chi connectivity index (χ0) is 15.9. The summed E-state index contributed by atoms with van der Waals surface area (Å²) in [6, 6.07) is 13.6. The summed E-state index contributed by atoms with van der Waals surface area (Å²) in [5.74, 6) is -0.209. The van der Waals surface area contributed by atoms with Gasteiger partial charge in [0.15, 0.2) is 6.61 Å². The van der Waals surface area contributed by atoms with Crippen molar-refractivity contribution in [1.82, 2.24) is 0 Å². The van der Waals surface area contributed by atoms with E-state index < -0.39 is 5.97 Å². The van der Waals surface area contributed by atoms with E-state index in [0.717, 1.165) is 0 Å². The van der Waals surface area contributed by atoms with E-state index >= 15 is 0 Å². The molecule has 6 heteroatoms. The van der Waals surface area contributed by atoms with E-state index in [2.05, 4.69) is 0 Å². The van der Waals surface area contributed by atoms with E-state index in [1.54, 1.807) is 36.4 Å². The topological polar surface area (TPSA) is 59.3 Å². The molecule has 0 aliphatic rings. The fourth-order valence-corrected chi connectivity index (χ4v) is 2.15. The summed E-state index contributed by atoms with van der Waals surface area (Å²) >= 11 is 11.7. The maximum atomic E-state index is 11.7. The second kappa shape index (κ2) is 7.69. The fraction of sp³-hybridized carbons (Fsp3) is 0.125. The molecule has 0 fully saturated rings. The van der Waals surface area contributed by atoms with E-state index in [9.17, 15) is 4.79 Å². The molecular formula is C16H11Cl2NO3. The Labute approximate surface area is 137 Å². The molecule has 0 amide bonds. The summed E-state index contributed by atoms with van der Waals surface area (Å²) in [4.78, 5) is 11.7. The number of esters is 1. The highest BCUT2D eigenvalue weighted by Gasteiger charge is 2.09. The molecule has 0 aliphatic heterocycles. The van der Waals surface area contributed by atoms with Crippen LogP contribution in [0.15, 0.2) is 42.5 Å². The number of hydrogen-bond donors (Lipinski definition) is 0. The first-order valence-electron chi connectivity index (χ1n) is 6.31. The number of benzene rings is 2. The Morgan fingerprint density at radius 1 is 1.18 bits per heavy atom. The number of nitrogens with zero attached hydrogens (tertiary/aromatic N) is 1. The van der Waals surface area contributed by atoms with Gasteiger partial charge in [-0.15, -0.1) is 0 Å². The second-order valence-electron chi connectivity index (χ2n) is 4.29. The van der Waals surface area contributed by atoms with Gasteiger partial charge in [0.1, 0.15) is 12.4 Å². The normalized spacial score (nSPS) is 9.86. The summed E-state index contributed by atoms with van der Waals surface area (Å²) in [5, 5.41) is 9.74. The van der Waals surface area contributed by atoms with Crippen LogP contribution in [0.2, 0.25) is 10.0 Å². The smallest absolute Gasteiger partial charge is 0.344 e. The molecule has 2 rings (SSSR count). The van der Waals surface area contributed by atoms with Crippen LogP contribution >= 0.6 is 23.2 Å². The number of carbonyl (C=O) groups is 1. The summed E-state index contributed by atoms with van der Waals surface area (Å²) in [6.45, 7) is -0.268. The molecular weight excluding hydrogens is 325 g/mol.